The predicted molar refractivity (Wildman–Crippen MR) is 76.6 cm³/mol. The summed E-state index contributed by atoms with van der Waals surface area (Å²) in [7, 11) is 0. The Morgan fingerprint density at radius 3 is 2.63 bits per heavy atom. The molecule has 0 amide bonds. The lowest BCUT2D eigenvalue weighted by atomic mass is 9.84. The summed E-state index contributed by atoms with van der Waals surface area (Å²) in [4.78, 5) is 12.4. The summed E-state index contributed by atoms with van der Waals surface area (Å²) in [6.07, 6.45) is 7.06. The molecule has 2 heterocycles. The van der Waals surface area contributed by atoms with E-state index in [-0.39, 0.29) is 0 Å². The Kier molecular flexibility index (Phi) is 4.44. The standard InChI is InChI=1S/C15H20N4/c1-11(2)13(14-4-3-8-18-15(14)16)6-5-12-7-9-17-10-19-12/h3-4,7-11,13H,5-6H2,1-2H3,(H2,16,18)/t13-/m0/s1. The molecule has 0 aliphatic rings. The highest BCUT2D eigenvalue weighted by Gasteiger charge is 2.18. The van der Waals surface area contributed by atoms with Crippen molar-refractivity contribution in [1.29, 1.82) is 0 Å². The summed E-state index contributed by atoms with van der Waals surface area (Å²) in [6.45, 7) is 4.44. The average Bonchev–Trinajstić information content (AvgIpc) is 2.42. The maximum absolute atomic E-state index is 5.99. The molecule has 1 atom stereocenters. The van der Waals surface area contributed by atoms with E-state index in [2.05, 4.69) is 34.9 Å². The number of hydrogen-bond acceptors (Lipinski definition) is 4. The number of aromatic nitrogens is 3. The van der Waals surface area contributed by atoms with Crippen molar-refractivity contribution in [2.24, 2.45) is 5.92 Å². The molecule has 100 valence electrons. The first kappa shape index (κ1) is 13.5. The van der Waals surface area contributed by atoms with E-state index < -0.39 is 0 Å². The molecule has 0 bridgehead atoms. The van der Waals surface area contributed by atoms with Gasteiger partial charge in [0.1, 0.15) is 12.1 Å². The highest BCUT2D eigenvalue weighted by molar-refractivity contribution is 5.41. The van der Waals surface area contributed by atoms with E-state index in [0.29, 0.717) is 17.7 Å². The molecule has 0 fully saturated rings. The SMILES string of the molecule is CC(C)[C@H](CCc1ccncn1)c1cccnc1N. The second-order valence-electron chi connectivity index (χ2n) is 5.07. The normalized spacial score (nSPS) is 12.6. The molecule has 2 rings (SSSR count). The van der Waals surface area contributed by atoms with E-state index in [0.717, 1.165) is 24.1 Å². The van der Waals surface area contributed by atoms with Crippen LogP contribution in [0.3, 0.4) is 0 Å². The molecule has 0 aliphatic carbocycles. The van der Waals surface area contributed by atoms with Crippen molar-refractivity contribution < 1.29 is 0 Å². The van der Waals surface area contributed by atoms with Crippen LogP contribution in [0.5, 0.6) is 0 Å². The van der Waals surface area contributed by atoms with Gasteiger partial charge < -0.3 is 5.73 Å². The zero-order chi connectivity index (χ0) is 13.7. The van der Waals surface area contributed by atoms with Gasteiger partial charge in [0, 0.05) is 18.1 Å². The minimum atomic E-state index is 0.406. The van der Waals surface area contributed by atoms with Gasteiger partial charge in [0.05, 0.1) is 0 Å². The number of nitrogen functional groups attached to an aromatic ring is 1. The molecule has 0 aromatic carbocycles. The molecular formula is C15H20N4. The smallest absolute Gasteiger partial charge is 0.126 e. The zero-order valence-corrected chi connectivity index (χ0v) is 11.5. The Morgan fingerprint density at radius 1 is 1.16 bits per heavy atom. The molecule has 0 saturated heterocycles. The Bertz CT molecular complexity index is 511. The third kappa shape index (κ3) is 3.50. The molecule has 2 N–H and O–H groups in total. The second kappa shape index (κ2) is 6.27. The fourth-order valence-electron chi connectivity index (χ4n) is 2.36. The number of anilines is 1. The molecule has 0 saturated carbocycles. The number of rotatable bonds is 5. The van der Waals surface area contributed by atoms with Crippen molar-refractivity contribution in [1.82, 2.24) is 15.0 Å². The molecule has 0 spiro atoms. The monoisotopic (exact) mass is 256 g/mol. The molecular weight excluding hydrogens is 236 g/mol. The van der Waals surface area contributed by atoms with Crippen LogP contribution in [0, 0.1) is 5.92 Å². The van der Waals surface area contributed by atoms with Crippen LogP contribution in [-0.2, 0) is 6.42 Å². The number of pyridine rings is 1. The molecule has 19 heavy (non-hydrogen) atoms. The van der Waals surface area contributed by atoms with Crippen LogP contribution in [0.4, 0.5) is 5.82 Å². The van der Waals surface area contributed by atoms with Gasteiger partial charge >= 0.3 is 0 Å². The number of nitrogens with two attached hydrogens (primary N) is 1. The first-order valence-corrected chi connectivity index (χ1v) is 6.63. The minimum Gasteiger partial charge on any atom is -0.383 e. The van der Waals surface area contributed by atoms with E-state index in [4.69, 9.17) is 5.73 Å². The maximum Gasteiger partial charge on any atom is 0.126 e. The summed E-state index contributed by atoms with van der Waals surface area (Å²) in [5.74, 6) is 1.57. The topological polar surface area (TPSA) is 64.7 Å². The van der Waals surface area contributed by atoms with Gasteiger partial charge in [-0.25, -0.2) is 15.0 Å². The van der Waals surface area contributed by atoms with Gasteiger partial charge in [-0.1, -0.05) is 19.9 Å². The Morgan fingerprint density at radius 2 is 2.00 bits per heavy atom. The van der Waals surface area contributed by atoms with Crippen LogP contribution in [-0.4, -0.2) is 15.0 Å². The van der Waals surface area contributed by atoms with E-state index in [1.165, 1.54) is 0 Å². The summed E-state index contributed by atoms with van der Waals surface area (Å²) >= 11 is 0. The molecule has 2 aromatic heterocycles. The van der Waals surface area contributed by atoms with E-state index in [9.17, 15) is 0 Å². The van der Waals surface area contributed by atoms with Crippen LogP contribution in [0.15, 0.2) is 36.9 Å². The largest absolute Gasteiger partial charge is 0.383 e. The van der Waals surface area contributed by atoms with Crippen molar-refractivity contribution in [2.45, 2.75) is 32.6 Å². The van der Waals surface area contributed by atoms with Crippen LogP contribution in [0.25, 0.3) is 0 Å². The maximum atomic E-state index is 5.99. The van der Waals surface area contributed by atoms with Crippen molar-refractivity contribution in [3.63, 3.8) is 0 Å². The van der Waals surface area contributed by atoms with Crippen molar-refractivity contribution in [3.05, 3.63) is 48.2 Å². The summed E-state index contributed by atoms with van der Waals surface area (Å²) in [6, 6.07) is 5.99. The van der Waals surface area contributed by atoms with E-state index in [1.54, 1.807) is 18.7 Å². The number of hydrogen-bond donors (Lipinski definition) is 1. The van der Waals surface area contributed by atoms with Gasteiger partial charge in [0.25, 0.3) is 0 Å². The lowest BCUT2D eigenvalue weighted by molar-refractivity contribution is 0.466. The fourth-order valence-corrected chi connectivity index (χ4v) is 2.36. The quantitative estimate of drug-likeness (QED) is 0.893. The summed E-state index contributed by atoms with van der Waals surface area (Å²) < 4.78 is 0. The van der Waals surface area contributed by atoms with Crippen LogP contribution >= 0.6 is 0 Å². The highest BCUT2D eigenvalue weighted by Crippen LogP contribution is 2.31. The van der Waals surface area contributed by atoms with Gasteiger partial charge in [0.2, 0.25) is 0 Å². The molecule has 4 heteroatoms. The Balaban J connectivity index is 2.12. The van der Waals surface area contributed by atoms with Gasteiger partial charge in [-0.15, -0.1) is 0 Å². The van der Waals surface area contributed by atoms with Crippen molar-refractivity contribution in [2.75, 3.05) is 5.73 Å². The van der Waals surface area contributed by atoms with E-state index >= 15 is 0 Å². The van der Waals surface area contributed by atoms with Crippen LogP contribution in [0.2, 0.25) is 0 Å². The molecule has 0 radical (unpaired) electrons. The van der Waals surface area contributed by atoms with Crippen molar-refractivity contribution >= 4 is 5.82 Å². The molecule has 0 aliphatic heterocycles. The zero-order valence-electron chi connectivity index (χ0n) is 11.5. The van der Waals surface area contributed by atoms with Crippen LogP contribution < -0.4 is 5.73 Å². The third-order valence-corrected chi connectivity index (χ3v) is 3.43. The van der Waals surface area contributed by atoms with Gasteiger partial charge in [-0.2, -0.15) is 0 Å². The van der Waals surface area contributed by atoms with Crippen molar-refractivity contribution in [3.8, 4) is 0 Å². The molecule has 0 unspecified atom stereocenters. The number of nitrogens with zero attached hydrogens (tertiary/aromatic N) is 3. The third-order valence-electron chi connectivity index (χ3n) is 3.43. The minimum absolute atomic E-state index is 0.406. The second-order valence-corrected chi connectivity index (χ2v) is 5.07. The van der Waals surface area contributed by atoms with Gasteiger partial charge in [0.15, 0.2) is 0 Å². The van der Waals surface area contributed by atoms with Gasteiger partial charge in [-0.05, 0) is 42.4 Å². The first-order valence-electron chi connectivity index (χ1n) is 6.63. The van der Waals surface area contributed by atoms with Gasteiger partial charge in [-0.3, -0.25) is 0 Å². The highest BCUT2D eigenvalue weighted by atomic mass is 14.8. The van der Waals surface area contributed by atoms with Crippen LogP contribution in [0.1, 0.15) is 37.4 Å². The first-order chi connectivity index (χ1) is 9.18. The number of aryl methyl sites for hydroxylation is 1. The fraction of sp³-hybridized carbons (Fsp3) is 0.400. The lowest BCUT2D eigenvalue weighted by Crippen LogP contribution is -2.11. The Labute approximate surface area is 114 Å². The lowest BCUT2D eigenvalue weighted by Gasteiger charge is -2.22. The molecule has 2 aromatic rings. The summed E-state index contributed by atoms with van der Waals surface area (Å²) in [5, 5.41) is 0. The van der Waals surface area contributed by atoms with E-state index in [1.807, 2.05) is 12.1 Å². The average molecular weight is 256 g/mol. The predicted octanol–water partition coefficient (Wildman–Crippen LogP) is 2.83. The Hall–Kier alpha value is -1.97. The summed E-state index contributed by atoms with van der Waals surface area (Å²) in [5.41, 5.74) is 8.21. The molecule has 4 nitrogen and oxygen atoms in total.